The molecule has 1 aliphatic heterocycles. The number of aromatic nitrogens is 2. The van der Waals surface area contributed by atoms with Gasteiger partial charge in [0.05, 0.1) is 12.2 Å². The van der Waals surface area contributed by atoms with Crippen molar-refractivity contribution in [2.75, 3.05) is 18.1 Å². The highest BCUT2D eigenvalue weighted by molar-refractivity contribution is 5.58. The minimum Gasteiger partial charge on any atom is -0.491 e. The van der Waals surface area contributed by atoms with Gasteiger partial charge in [0.15, 0.2) is 5.82 Å². The van der Waals surface area contributed by atoms with E-state index in [0.29, 0.717) is 31.1 Å². The maximum absolute atomic E-state index is 9.44. The fourth-order valence-electron chi connectivity index (χ4n) is 2.46. The molecule has 3 rings (SSSR count). The Morgan fingerprint density at radius 3 is 2.86 bits per heavy atom. The largest absolute Gasteiger partial charge is 0.491 e. The van der Waals surface area contributed by atoms with E-state index < -0.39 is 0 Å². The second-order valence-electron chi connectivity index (χ2n) is 5.10. The quantitative estimate of drug-likeness (QED) is 0.802. The SMILES string of the molecule is Cc1nnc(N2CCOc3ccccc3C2)c(C#N)c1C. The van der Waals surface area contributed by atoms with Crippen molar-refractivity contribution < 1.29 is 4.74 Å². The molecule has 0 aliphatic carbocycles. The zero-order valence-corrected chi connectivity index (χ0v) is 12.1. The number of fused-ring (bicyclic) bond motifs is 1. The molecule has 0 spiro atoms. The van der Waals surface area contributed by atoms with Gasteiger partial charge in [-0.3, -0.25) is 0 Å². The fraction of sp³-hybridized carbons (Fsp3) is 0.312. The first-order chi connectivity index (χ1) is 10.2. The molecular formula is C16H16N4O. The number of nitrogens with zero attached hydrogens (tertiary/aromatic N) is 4. The minimum absolute atomic E-state index is 0.566. The van der Waals surface area contributed by atoms with Gasteiger partial charge in [0, 0.05) is 12.1 Å². The summed E-state index contributed by atoms with van der Waals surface area (Å²) in [7, 11) is 0. The van der Waals surface area contributed by atoms with Crippen LogP contribution in [0.3, 0.4) is 0 Å². The Morgan fingerprint density at radius 1 is 1.24 bits per heavy atom. The van der Waals surface area contributed by atoms with Crippen molar-refractivity contribution >= 4 is 5.82 Å². The highest BCUT2D eigenvalue weighted by atomic mass is 16.5. The Morgan fingerprint density at radius 2 is 2.05 bits per heavy atom. The summed E-state index contributed by atoms with van der Waals surface area (Å²) in [4.78, 5) is 2.06. The number of ether oxygens (including phenoxy) is 1. The molecule has 1 aromatic heterocycles. The van der Waals surface area contributed by atoms with Gasteiger partial charge in [0.25, 0.3) is 0 Å². The van der Waals surface area contributed by atoms with Gasteiger partial charge < -0.3 is 9.64 Å². The minimum atomic E-state index is 0.566. The van der Waals surface area contributed by atoms with Crippen LogP contribution in [0.4, 0.5) is 5.82 Å². The molecule has 0 amide bonds. The van der Waals surface area contributed by atoms with E-state index in [2.05, 4.69) is 21.2 Å². The second kappa shape index (κ2) is 5.41. The lowest BCUT2D eigenvalue weighted by molar-refractivity contribution is 0.331. The van der Waals surface area contributed by atoms with Crippen LogP contribution in [-0.2, 0) is 6.54 Å². The Kier molecular flexibility index (Phi) is 3.44. The van der Waals surface area contributed by atoms with E-state index in [1.54, 1.807) is 0 Å². The molecule has 1 aliphatic rings. The normalized spacial score (nSPS) is 13.9. The maximum Gasteiger partial charge on any atom is 0.169 e. The Hall–Kier alpha value is -2.61. The lowest BCUT2D eigenvalue weighted by Gasteiger charge is -2.22. The Bertz CT molecular complexity index is 721. The van der Waals surface area contributed by atoms with Crippen molar-refractivity contribution in [1.82, 2.24) is 10.2 Å². The molecule has 0 atom stereocenters. The summed E-state index contributed by atoms with van der Waals surface area (Å²) in [5, 5.41) is 17.9. The predicted molar refractivity (Wildman–Crippen MR) is 79.2 cm³/mol. The molecule has 106 valence electrons. The summed E-state index contributed by atoms with van der Waals surface area (Å²) in [6.45, 7) is 5.70. The third-order valence-electron chi connectivity index (χ3n) is 3.80. The van der Waals surface area contributed by atoms with Crippen LogP contribution in [0, 0.1) is 25.2 Å². The summed E-state index contributed by atoms with van der Waals surface area (Å²) >= 11 is 0. The van der Waals surface area contributed by atoms with Gasteiger partial charge in [-0.2, -0.15) is 10.4 Å². The molecule has 0 fully saturated rings. The van der Waals surface area contributed by atoms with Crippen LogP contribution >= 0.6 is 0 Å². The number of benzene rings is 1. The number of hydrogen-bond donors (Lipinski definition) is 0. The number of nitriles is 1. The van der Waals surface area contributed by atoms with Crippen LogP contribution in [0.5, 0.6) is 5.75 Å². The second-order valence-corrected chi connectivity index (χ2v) is 5.10. The average molecular weight is 280 g/mol. The highest BCUT2D eigenvalue weighted by Crippen LogP contribution is 2.27. The number of rotatable bonds is 1. The zero-order valence-electron chi connectivity index (χ0n) is 12.1. The van der Waals surface area contributed by atoms with E-state index in [9.17, 15) is 5.26 Å². The van der Waals surface area contributed by atoms with Crippen LogP contribution in [0.25, 0.3) is 0 Å². The van der Waals surface area contributed by atoms with Crippen LogP contribution in [0.1, 0.15) is 22.4 Å². The van der Waals surface area contributed by atoms with Gasteiger partial charge in [-0.05, 0) is 25.5 Å². The standard InChI is InChI=1S/C16H16N4O/c1-11-12(2)18-19-16(14(11)9-17)20-7-8-21-15-6-4-3-5-13(15)10-20/h3-6H,7-8,10H2,1-2H3. The average Bonchev–Trinajstić information content (AvgIpc) is 2.72. The Balaban J connectivity index is 2.02. The van der Waals surface area contributed by atoms with Crippen molar-refractivity contribution in [2.45, 2.75) is 20.4 Å². The molecule has 5 nitrogen and oxygen atoms in total. The molecule has 2 heterocycles. The summed E-state index contributed by atoms with van der Waals surface area (Å²) in [6, 6.07) is 10.2. The van der Waals surface area contributed by atoms with E-state index in [-0.39, 0.29) is 0 Å². The third kappa shape index (κ3) is 2.40. The third-order valence-corrected chi connectivity index (χ3v) is 3.80. The fourth-order valence-corrected chi connectivity index (χ4v) is 2.46. The Labute approximate surface area is 123 Å². The van der Waals surface area contributed by atoms with Crippen LogP contribution in [0.15, 0.2) is 24.3 Å². The molecule has 21 heavy (non-hydrogen) atoms. The van der Waals surface area contributed by atoms with Gasteiger partial charge in [-0.25, -0.2) is 0 Å². The molecule has 5 heteroatoms. The number of para-hydroxylation sites is 1. The molecule has 2 aromatic rings. The number of anilines is 1. The molecule has 0 saturated heterocycles. The topological polar surface area (TPSA) is 62.0 Å². The van der Waals surface area contributed by atoms with Crippen LogP contribution < -0.4 is 9.64 Å². The first-order valence-corrected chi connectivity index (χ1v) is 6.90. The number of aryl methyl sites for hydroxylation is 1. The highest BCUT2D eigenvalue weighted by Gasteiger charge is 2.21. The van der Waals surface area contributed by atoms with Gasteiger partial charge in [-0.1, -0.05) is 18.2 Å². The summed E-state index contributed by atoms with van der Waals surface area (Å²) < 4.78 is 5.75. The molecule has 0 N–H and O–H groups in total. The monoisotopic (exact) mass is 280 g/mol. The lowest BCUT2D eigenvalue weighted by atomic mass is 10.1. The van der Waals surface area contributed by atoms with Gasteiger partial charge in [-0.15, -0.1) is 5.10 Å². The van der Waals surface area contributed by atoms with Gasteiger partial charge in [0.1, 0.15) is 24.0 Å². The first-order valence-electron chi connectivity index (χ1n) is 6.90. The smallest absolute Gasteiger partial charge is 0.169 e. The molecule has 0 radical (unpaired) electrons. The van der Waals surface area contributed by atoms with Crippen molar-refractivity contribution in [2.24, 2.45) is 0 Å². The number of hydrogen-bond acceptors (Lipinski definition) is 5. The van der Waals surface area contributed by atoms with E-state index in [1.165, 1.54) is 0 Å². The first kappa shape index (κ1) is 13.4. The molecule has 0 unspecified atom stereocenters. The zero-order chi connectivity index (χ0) is 14.8. The van der Waals surface area contributed by atoms with E-state index in [0.717, 1.165) is 22.6 Å². The molecule has 1 aromatic carbocycles. The predicted octanol–water partition coefficient (Wildman–Crippen LogP) is 2.36. The van der Waals surface area contributed by atoms with E-state index in [1.807, 2.05) is 38.1 Å². The van der Waals surface area contributed by atoms with Gasteiger partial charge >= 0.3 is 0 Å². The summed E-state index contributed by atoms with van der Waals surface area (Å²) in [5.74, 6) is 1.54. The van der Waals surface area contributed by atoms with Gasteiger partial charge in [0.2, 0.25) is 0 Å². The summed E-state index contributed by atoms with van der Waals surface area (Å²) in [5.41, 5.74) is 3.38. The van der Waals surface area contributed by atoms with Crippen molar-refractivity contribution in [1.29, 1.82) is 5.26 Å². The van der Waals surface area contributed by atoms with Crippen LogP contribution in [-0.4, -0.2) is 23.3 Å². The molecule has 0 saturated carbocycles. The van der Waals surface area contributed by atoms with E-state index in [4.69, 9.17) is 4.74 Å². The van der Waals surface area contributed by atoms with Crippen molar-refractivity contribution in [3.05, 3.63) is 46.6 Å². The van der Waals surface area contributed by atoms with Crippen molar-refractivity contribution in [3.8, 4) is 11.8 Å². The maximum atomic E-state index is 9.44. The van der Waals surface area contributed by atoms with E-state index >= 15 is 0 Å². The summed E-state index contributed by atoms with van der Waals surface area (Å²) in [6.07, 6.45) is 0. The van der Waals surface area contributed by atoms with Crippen LogP contribution in [0.2, 0.25) is 0 Å². The van der Waals surface area contributed by atoms with Crippen molar-refractivity contribution in [3.63, 3.8) is 0 Å². The lowest BCUT2D eigenvalue weighted by Crippen LogP contribution is -2.27. The molecule has 0 bridgehead atoms. The molecular weight excluding hydrogens is 264 g/mol.